The molecule has 0 rings (SSSR count). The minimum Gasteiger partial charge on any atom is -0.544 e. The quantitative estimate of drug-likeness (QED) is 0.0260. The summed E-state index contributed by atoms with van der Waals surface area (Å²) in [4.78, 5) is 37.0. The Morgan fingerprint density at radius 2 is 0.847 bits per heavy atom. The zero-order valence-electron chi connectivity index (χ0n) is 39.4. The van der Waals surface area contributed by atoms with Gasteiger partial charge in [0.2, 0.25) is 0 Å². The first-order valence-electron chi connectivity index (χ1n) is 24.9. The number of aliphatic carboxylic acids is 1. The Morgan fingerprint density at radius 3 is 1.22 bits per heavy atom. The summed E-state index contributed by atoms with van der Waals surface area (Å²) in [6, 6.07) is -0.726. The van der Waals surface area contributed by atoms with E-state index >= 15 is 0 Å². The number of rotatable bonds is 45. The number of nitrogens with zero attached hydrogens (tertiary/aromatic N) is 1. The van der Waals surface area contributed by atoms with Crippen LogP contribution in [0.1, 0.15) is 232 Å². The number of likely N-dealkylation sites (N-methyl/N-ethyl adjacent to an activating group) is 1. The molecule has 0 spiro atoms. The number of carboxylic acid groups (broad SMARTS) is 1. The van der Waals surface area contributed by atoms with Crippen LogP contribution in [0.5, 0.6) is 0 Å². The second kappa shape index (κ2) is 42.5. The third-order valence-electron chi connectivity index (χ3n) is 11.3. The summed E-state index contributed by atoms with van der Waals surface area (Å²) in [5, 5.41) is 11.6. The summed E-state index contributed by atoms with van der Waals surface area (Å²) < 4.78 is 17.2. The Kier molecular flexibility index (Phi) is 40.9. The molecule has 59 heavy (non-hydrogen) atoms. The van der Waals surface area contributed by atoms with Crippen LogP contribution in [0, 0.1) is 0 Å². The second-order valence-electron chi connectivity index (χ2n) is 18.0. The number of ether oxygens (including phenoxy) is 3. The van der Waals surface area contributed by atoms with E-state index < -0.39 is 18.1 Å². The van der Waals surface area contributed by atoms with Gasteiger partial charge < -0.3 is 28.6 Å². The molecule has 0 amide bonds. The number of carbonyl (C=O) groups excluding carboxylic acids is 3. The second-order valence-corrected chi connectivity index (χ2v) is 18.0. The van der Waals surface area contributed by atoms with Gasteiger partial charge in [-0.3, -0.25) is 9.59 Å². The average Bonchev–Trinajstić information content (AvgIpc) is 3.19. The average molecular weight is 834 g/mol. The van der Waals surface area contributed by atoms with Crippen LogP contribution in [0.4, 0.5) is 0 Å². The van der Waals surface area contributed by atoms with Crippen molar-refractivity contribution in [1.82, 2.24) is 0 Å². The van der Waals surface area contributed by atoms with Crippen molar-refractivity contribution in [3.63, 3.8) is 0 Å². The van der Waals surface area contributed by atoms with Gasteiger partial charge in [-0.1, -0.05) is 173 Å². The largest absolute Gasteiger partial charge is 0.544 e. The summed E-state index contributed by atoms with van der Waals surface area (Å²) in [7, 11) is 5.41. The van der Waals surface area contributed by atoms with Crippen molar-refractivity contribution in [2.75, 3.05) is 41.0 Å². The van der Waals surface area contributed by atoms with Crippen LogP contribution >= 0.6 is 0 Å². The van der Waals surface area contributed by atoms with Crippen molar-refractivity contribution in [2.45, 2.75) is 244 Å². The SMILES string of the molecule is CCCCCCCC/C=C/CCCCCCCCCC(=O)OC(COCCC(C(=O)[O-])[N+](C)(C)C)COC(=O)CCCCCCC/C=C/CCCCCCCCCCC. The van der Waals surface area contributed by atoms with Crippen molar-refractivity contribution >= 4 is 17.9 Å². The molecule has 2 atom stereocenters. The lowest BCUT2D eigenvalue weighted by molar-refractivity contribution is -0.889. The summed E-state index contributed by atoms with van der Waals surface area (Å²) in [6.45, 7) is 4.67. The number of quaternary nitrogens is 1. The van der Waals surface area contributed by atoms with Gasteiger partial charge in [-0.05, 0) is 64.2 Å². The number of carboxylic acids is 1. The highest BCUT2D eigenvalue weighted by Gasteiger charge is 2.25. The first-order chi connectivity index (χ1) is 28.6. The Hall–Kier alpha value is -2.19. The molecule has 0 N–H and O–H groups in total. The molecule has 0 aliphatic heterocycles. The number of esters is 2. The van der Waals surface area contributed by atoms with E-state index in [2.05, 4.69) is 38.2 Å². The maximum absolute atomic E-state index is 12.8. The van der Waals surface area contributed by atoms with Gasteiger partial charge in [-0.2, -0.15) is 0 Å². The fraction of sp³-hybridized carbons (Fsp3) is 0.863. The zero-order chi connectivity index (χ0) is 43.5. The van der Waals surface area contributed by atoms with Gasteiger partial charge in [0.25, 0.3) is 0 Å². The van der Waals surface area contributed by atoms with Crippen LogP contribution in [0.3, 0.4) is 0 Å². The molecule has 0 saturated heterocycles. The maximum atomic E-state index is 12.8. The highest BCUT2D eigenvalue weighted by molar-refractivity contribution is 5.70. The van der Waals surface area contributed by atoms with Crippen LogP contribution < -0.4 is 5.11 Å². The topological polar surface area (TPSA) is 102 Å². The molecule has 0 heterocycles. The molecule has 8 heteroatoms. The molecule has 0 aromatic heterocycles. The van der Waals surface area contributed by atoms with Gasteiger partial charge in [-0.15, -0.1) is 0 Å². The number of allylic oxidation sites excluding steroid dienone is 4. The number of carbonyl (C=O) groups is 3. The van der Waals surface area contributed by atoms with E-state index in [0.717, 1.165) is 51.4 Å². The van der Waals surface area contributed by atoms with E-state index in [9.17, 15) is 19.5 Å². The summed E-state index contributed by atoms with van der Waals surface area (Å²) in [5.41, 5.74) is 0. The number of hydrogen-bond donors (Lipinski definition) is 0. The predicted molar refractivity (Wildman–Crippen MR) is 245 cm³/mol. The van der Waals surface area contributed by atoms with Gasteiger partial charge in [0, 0.05) is 19.3 Å². The molecule has 0 fully saturated rings. The van der Waals surface area contributed by atoms with E-state index in [1.165, 1.54) is 148 Å². The third kappa shape index (κ3) is 41.0. The molecule has 8 nitrogen and oxygen atoms in total. The van der Waals surface area contributed by atoms with Gasteiger partial charge in [0.15, 0.2) is 6.10 Å². The molecule has 0 aliphatic rings. The molecular weight excluding hydrogens is 739 g/mol. The van der Waals surface area contributed by atoms with E-state index in [-0.39, 0.29) is 42.7 Å². The number of hydrogen-bond acceptors (Lipinski definition) is 7. The smallest absolute Gasteiger partial charge is 0.306 e. The fourth-order valence-electron chi connectivity index (χ4n) is 7.41. The van der Waals surface area contributed by atoms with Gasteiger partial charge in [-0.25, -0.2) is 0 Å². The first kappa shape index (κ1) is 56.8. The molecule has 0 aromatic rings. The van der Waals surface area contributed by atoms with Crippen molar-refractivity contribution in [1.29, 1.82) is 0 Å². The van der Waals surface area contributed by atoms with Gasteiger partial charge in [0.1, 0.15) is 12.6 Å². The predicted octanol–water partition coefficient (Wildman–Crippen LogP) is 12.7. The summed E-state index contributed by atoms with van der Waals surface area (Å²) in [5.74, 6) is -1.74. The van der Waals surface area contributed by atoms with E-state index in [1.54, 1.807) is 21.1 Å². The lowest BCUT2D eigenvalue weighted by Gasteiger charge is -2.34. The highest BCUT2D eigenvalue weighted by Crippen LogP contribution is 2.15. The van der Waals surface area contributed by atoms with Crippen molar-refractivity contribution in [2.24, 2.45) is 0 Å². The van der Waals surface area contributed by atoms with Crippen molar-refractivity contribution in [3.05, 3.63) is 24.3 Å². The summed E-state index contributed by atoms with van der Waals surface area (Å²) in [6.07, 6.45) is 47.7. The monoisotopic (exact) mass is 834 g/mol. The molecule has 0 radical (unpaired) electrons. The van der Waals surface area contributed by atoms with Crippen LogP contribution in [0.15, 0.2) is 24.3 Å². The Morgan fingerprint density at radius 1 is 0.492 bits per heavy atom. The first-order valence-corrected chi connectivity index (χ1v) is 24.9. The Bertz CT molecular complexity index is 1020. The van der Waals surface area contributed by atoms with Crippen molar-refractivity contribution < 1.29 is 38.2 Å². The van der Waals surface area contributed by atoms with Crippen LogP contribution in [-0.2, 0) is 28.6 Å². The third-order valence-corrected chi connectivity index (χ3v) is 11.3. The van der Waals surface area contributed by atoms with Crippen LogP contribution in [-0.4, -0.2) is 75.5 Å². The standard InChI is InChI=1S/C51H95NO7/c1-6-8-10-12-14-16-18-20-22-24-26-27-29-31-33-35-37-39-41-49(53)58-46-47(45-57-44-43-48(51(55)56)52(3,4)5)59-50(54)42-40-38-36-34-32-30-28-25-23-21-19-17-15-13-11-9-7-2/h21,23,26-27,47-48H,6-20,22,24-25,28-46H2,1-5H3/b23-21+,27-26+. The lowest BCUT2D eigenvalue weighted by Crippen LogP contribution is -2.55. The molecule has 0 saturated carbocycles. The van der Waals surface area contributed by atoms with Gasteiger partial charge >= 0.3 is 11.9 Å². The van der Waals surface area contributed by atoms with Gasteiger partial charge in [0.05, 0.1) is 40.3 Å². The lowest BCUT2D eigenvalue weighted by atomic mass is 10.1. The highest BCUT2D eigenvalue weighted by atomic mass is 16.6. The van der Waals surface area contributed by atoms with E-state index in [0.29, 0.717) is 12.8 Å². The fourth-order valence-corrected chi connectivity index (χ4v) is 7.41. The van der Waals surface area contributed by atoms with E-state index in [4.69, 9.17) is 14.2 Å². The zero-order valence-corrected chi connectivity index (χ0v) is 39.4. The van der Waals surface area contributed by atoms with E-state index in [1.807, 2.05) is 0 Å². The Balaban J connectivity index is 4.27. The Labute approximate surface area is 364 Å². The molecule has 0 bridgehead atoms. The maximum Gasteiger partial charge on any atom is 0.306 e. The molecular formula is C51H95NO7. The summed E-state index contributed by atoms with van der Waals surface area (Å²) >= 11 is 0. The van der Waals surface area contributed by atoms with Crippen LogP contribution in [0.25, 0.3) is 0 Å². The molecule has 0 aromatic carbocycles. The minimum absolute atomic E-state index is 0.0395. The minimum atomic E-state index is -1.12. The number of unbranched alkanes of at least 4 members (excludes halogenated alkanes) is 27. The van der Waals surface area contributed by atoms with Crippen LogP contribution in [0.2, 0.25) is 0 Å². The van der Waals surface area contributed by atoms with Crippen molar-refractivity contribution in [3.8, 4) is 0 Å². The molecule has 346 valence electrons. The normalized spacial score (nSPS) is 13.0. The molecule has 0 aliphatic carbocycles. The molecule has 2 unspecified atom stereocenters.